The molecule has 1 saturated heterocycles. The molecule has 2 amide bonds. The van der Waals surface area contributed by atoms with Gasteiger partial charge in [0.25, 0.3) is 0 Å². The van der Waals surface area contributed by atoms with E-state index in [1.807, 2.05) is 0 Å². The van der Waals surface area contributed by atoms with Crippen LogP contribution in [-0.2, 0) is 16.0 Å². The number of thiazole rings is 1. The molecule has 1 aliphatic carbocycles. The van der Waals surface area contributed by atoms with Gasteiger partial charge in [0.15, 0.2) is 0 Å². The number of nitrogens with one attached hydrogen (secondary N) is 3. The molecule has 1 unspecified atom stereocenters. The van der Waals surface area contributed by atoms with Gasteiger partial charge in [-0.15, -0.1) is 11.3 Å². The number of hydrogen-bond donors (Lipinski definition) is 3. The molecule has 186 valence electrons. The van der Waals surface area contributed by atoms with Crippen molar-refractivity contribution in [2.75, 3.05) is 19.6 Å². The lowest BCUT2D eigenvalue weighted by atomic mass is 9.83. The number of amides is 2. The van der Waals surface area contributed by atoms with E-state index in [9.17, 15) is 9.59 Å². The Kier molecular flexibility index (Phi) is 8.95. The molecule has 3 N–H and O–H groups in total. The van der Waals surface area contributed by atoms with E-state index in [1.54, 1.807) is 11.3 Å². The summed E-state index contributed by atoms with van der Waals surface area (Å²) >= 11 is 1.69. The number of piperidine rings is 1. The van der Waals surface area contributed by atoms with E-state index in [0.717, 1.165) is 49.3 Å². The fraction of sp³-hybridized carbons (Fsp3) is 0.667. The Labute approximate surface area is 207 Å². The van der Waals surface area contributed by atoms with Gasteiger partial charge >= 0.3 is 0 Å². The van der Waals surface area contributed by atoms with Gasteiger partial charge in [-0.25, -0.2) is 4.98 Å². The Hall–Kier alpha value is -1.99. The van der Waals surface area contributed by atoms with Crippen LogP contribution in [0.1, 0.15) is 81.7 Å². The average molecular weight is 485 g/mol. The second-order valence-electron chi connectivity index (χ2n) is 10.3. The molecule has 1 saturated carbocycles. The quantitative estimate of drug-likeness (QED) is 0.488. The number of aromatic nitrogens is 1. The molecule has 2 fully saturated rings. The molecule has 2 aromatic rings. The summed E-state index contributed by atoms with van der Waals surface area (Å²) in [5.74, 6) is 1.25. The highest BCUT2D eigenvalue weighted by molar-refractivity contribution is 7.18. The van der Waals surface area contributed by atoms with Crippen LogP contribution in [-0.4, -0.2) is 42.5 Å². The van der Waals surface area contributed by atoms with Crippen molar-refractivity contribution in [2.24, 2.45) is 11.8 Å². The van der Waals surface area contributed by atoms with Crippen molar-refractivity contribution in [1.29, 1.82) is 0 Å². The van der Waals surface area contributed by atoms with Crippen molar-refractivity contribution in [3.63, 3.8) is 0 Å². The van der Waals surface area contributed by atoms with Crippen LogP contribution in [0.5, 0.6) is 0 Å². The first-order valence-corrected chi connectivity index (χ1v) is 14.0. The summed E-state index contributed by atoms with van der Waals surface area (Å²) in [6.45, 7) is 6.76. The maximum absolute atomic E-state index is 12.9. The Morgan fingerprint density at radius 1 is 1.12 bits per heavy atom. The van der Waals surface area contributed by atoms with Gasteiger partial charge in [0.2, 0.25) is 11.8 Å². The fourth-order valence-corrected chi connectivity index (χ4v) is 6.28. The lowest BCUT2D eigenvalue weighted by molar-refractivity contribution is -0.127. The van der Waals surface area contributed by atoms with Crippen molar-refractivity contribution in [1.82, 2.24) is 20.9 Å². The summed E-state index contributed by atoms with van der Waals surface area (Å²) < 4.78 is 1.20. The topological polar surface area (TPSA) is 83.1 Å². The van der Waals surface area contributed by atoms with Crippen LogP contribution in [0.3, 0.4) is 0 Å². The maximum Gasteiger partial charge on any atom is 0.223 e. The predicted molar refractivity (Wildman–Crippen MR) is 139 cm³/mol. The van der Waals surface area contributed by atoms with Crippen molar-refractivity contribution >= 4 is 33.4 Å². The summed E-state index contributed by atoms with van der Waals surface area (Å²) in [6.07, 6.45) is 8.83. The van der Waals surface area contributed by atoms with Crippen LogP contribution < -0.4 is 16.0 Å². The molecular formula is C27H40N4O2S. The summed E-state index contributed by atoms with van der Waals surface area (Å²) in [5.41, 5.74) is 2.34. The van der Waals surface area contributed by atoms with E-state index in [-0.39, 0.29) is 23.8 Å². The van der Waals surface area contributed by atoms with E-state index >= 15 is 0 Å². The number of benzene rings is 1. The largest absolute Gasteiger partial charge is 0.354 e. The van der Waals surface area contributed by atoms with Crippen LogP contribution in [0.25, 0.3) is 10.2 Å². The van der Waals surface area contributed by atoms with Crippen LogP contribution in [0, 0.1) is 11.8 Å². The first-order valence-electron chi connectivity index (χ1n) is 13.2. The second-order valence-corrected chi connectivity index (χ2v) is 11.4. The van der Waals surface area contributed by atoms with Crippen molar-refractivity contribution in [2.45, 2.75) is 83.6 Å². The fourth-order valence-electron chi connectivity index (χ4n) is 5.27. The van der Waals surface area contributed by atoms with Gasteiger partial charge in [-0.2, -0.15) is 0 Å². The van der Waals surface area contributed by atoms with E-state index in [1.165, 1.54) is 29.5 Å². The Bertz CT molecular complexity index is 961. The average Bonchev–Trinajstić information content (AvgIpc) is 3.28. The molecule has 4 rings (SSSR count). The van der Waals surface area contributed by atoms with Gasteiger partial charge in [0.1, 0.15) is 0 Å². The summed E-state index contributed by atoms with van der Waals surface area (Å²) in [4.78, 5) is 30.3. The lowest BCUT2D eigenvalue weighted by Crippen LogP contribution is -2.50. The molecule has 1 aromatic carbocycles. The first-order chi connectivity index (χ1) is 16.5. The van der Waals surface area contributed by atoms with Gasteiger partial charge < -0.3 is 16.0 Å². The Morgan fingerprint density at radius 2 is 1.88 bits per heavy atom. The molecule has 34 heavy (non-hydrogen) atoms. The van der Waals surface area contributed by atoms with Crippen LogP contribution in [0.2, 0.25) is 0 Å². The molecule has 1 aliphatic heterocycles. The van der Waals surface area contributed by atoms with Gasteiger partial charge in [-0.1, -0.05) is 39.2 Å². The standard InChI is InChI=1S/C27H40N4O2S/c1-18(2)21-8-9-22-24(16-21)34-26(31-22)11-10-25(32)30-23(19-6-4-3-5-7-19)17-29-27(33)20-12-14-28-15-13-20/h8-9,16,18-20,23,28H,3-7,10-15,17H2,1-2H3,(H,29,33)(H,30,32). The van der Waals surface area contributed by atoms with Gasteiger partial charge in [0, 0.05) is 31.3 Å². The molecule has 7 heteroatoms. The summed E-state index contributed by atoms with van der Waals surface area (Å²) in [7, 11) is 0. The van der Waals surface area contributed by atoms with Crippen LogP contribution in [0.4, 0.5) is 0 Å². The minimum absolute atomic E-state index is 0.0161. The Balaban J connectivity index is 1.32. The first kappa shape index (κ1) is 25.1. The van der Waals surface area contributed by atoms with E-state index in [0.29, 0.717) is 31.2 Å². The summed E-state index contributed by atoms with van der Waals surface area (Å²) in [5, 5.41) is 10.8. The minimum atomic E-state index is 0.0161. The normalized spacial score (nSPS) is 18.8. The number of aryl methyl sites for hydroxylation is 1. The number of carbonyl (C=O) groups excluding carboxylic acids is 2. The molecule has 6 nitrogen and oxygen atoms in total. The number of carbonyl (C=O) groups is 2. The van der Waals surface area contributed by atoms with Crippen molar-refractivity contribution < 1.29 is 9.59 Å². The predicted octanol–water partition coefficient (Wildman–Crippen LogP) is 4.53. The highest BCUT2D eigenvalue weighted by Gasteiger charge is 2.27. The zero-order valence-corrected chi connectivity index (χ0v) is 21.5. The van der Waals surface area contributed by atoms with Crippen molar-refractivity contribution in [3.8, 4) is 0 Å². The van der Waals surface area contributed by atoms with Crippen molar-refractivity contribution in [3.05, 3.63) is 28.8 Å². The Morgan fingerprint density at radius 3 is 2.62 bits per heavy atom. The van der Waals surface area contributed by atoms with Gasteiger partial charge in [-0.3, -0.25) is 9.59 Å². The maximum atomic E-state index is 12.9. The third-order valence-corrected chi connectivity index (χ3v) is 8.54. The highest BCUT2D eigenvalue weighted by Crippen LogP contribution is 2.28. The zero-order valence-electron chi connectivity index (χ0n) is 20.7. The monoisotopic (exact) mass is 484 g/mol. The zero-order chi connectivity index (χ0) is 23.9. The minimum Gasteiger partial charge on any atom is -0.354 e. The highest BCUT2D eigenvalue weighted by atomic mass is 32.1. The lowest BCUT2D eigenvalue weighted by Gasteiger charge is -2.32. The van der Waals surface area contributed by atoms with Gasteiger partial charge in [0.05, 0.1) is 15.2 Å². The molecular weight excluding hydrogens is 444 g/mol. The number of hydrogen-bond acceptors (Lipinski definition) is 5. The van der Waals surface area contributed by atoms with E-state index in [4.69, 9.17) is 4.98 Å². The smallest absolute Gasteiger partial charge is 0.223 e. The number of nitrogens with zero attached hydrogens (tertiary/aromatic N) is 1. The summed E-state index contributed by atoms with van der Waals surface area (Å²) in [6, 6.07) is 6.48. The van der Waals surface area contributed by atoms with E-state index in [2.05, 4.69) is 48.0 Å². The molecule has 1 aromatic heterocycles. The molecule has 0 spiro atoms. The van der Waals surface area contributed by atoms with Crippen LogP contribution in [0.15, 0.2) is 18.2 Å². The molecule has 0 bridgehead atoms. The third kappa shape index (κ3) is 6.79. The SMILES string of the molecule is CC(C)c1ccc2nc(CCC(=O)NC(CNC(=O)C3CCNCC3)C3CCCCC3)sc2c1. The second kappa shape index (κ2) is 12.1. The van der Waals surface area contributed by atoms with Crippen LogP contribution >= 0.6 is 11.3 Å². The van der Waals surface area contributed by atoms with E-state index < -0.39 is 0 Å². The van der Waals surface area contributed by atoms with Gasteiger partial charge in [-0.05, 0) is 68.3 Å². The third-order valence-electron chi connectivity index (χ3n) is 7.46. The number of fused-ring (bicyclic) bond motifs is 1. The molecule has 1 atom stereocenters. The molecule has 0 radical (unpaired) electrons. The molecule has 2 aliphatic rings. The molecule has 2 heterocycles. The number of rotatable bonds is 9.